The fraction of sp³-hybridized carbons (Fsp3) is 0.476. The lowest BCUT2D eigenvalue weighted by molar-refractivity contribution is 0.176. The number of piperidine rings is 1. The number of anilines is 1. The molecule has 1 fully saturated rings. The Labute approximate surface area is 165 Å². The van der Waals surface area contributed by atoms with Gasteiger partial charge < -0.3 is 10.6 Å². The minimum absolute atomic E-state index is 0. The molecule has 3 aromatic rings. The molecule has 150 valence electrons. The summed E-state index contributed by atoms with van der Waals surface area (Å²) in [4.78, 5) is 11.1. The fourth-order valence-corrected chi connectivity index (χ4v) is 4.43. The highest BCUT2D eigenvalue weighted by atomic mass is 19.1. The van der Waals surface area contributed by atoms with Gasteiger partial charge in [0.15, 0.2) is 11.5 Å². The highest BCUT2D eigenvalue weighted by molar-refractivity contribution is 5.89. The van der Waals surface area contributed by atoms with Crippen LogP contribution in [0.25, 0.3) is 22.4 Å². The molecule has 1 saturated heterocycles. The number of hydrogen-bond donors (Lipinski definition) is 2. The van der Waals surface area contributed by atoms with Crippen molar-refractivity contribution in [2.45, 2.75) is 39.7 Å². The van der Waals surface area contributed by atoms with Crippen molar-refractivity contribution in [3.8, 4) is 11.4 Å². The average Bonchev–Trinajstić information content (AvgIpc) is 3.08. The Bertz CT molecular complexity index is 990. The summed E-state index contributed by atoms with van der Waals surface area (Å²) < 4.78 is 14.6. The first-order valence-electron chi connectivity index (χ1n) is 9.84. The first-order valence-corrected chi connectivity index (χ1v) is 9.84. The smallest absolute Gasteiger partial charge is 0.181 e. The van der Waals surface area contributed by atoms with E-state index < -0.39 is 0 Å². The number of nitrogens with two attached hydrogens (primary N) is 1. The van der Waals surface area contributed by atoms with Gasteiger partial charge in [-0.2, -0.15) is 5.10 Å². The average molecular weight is 385 g/mol. The summed E-state index contributed by atoms with van der Waals surface area (Å²) in [6, 6.07) is 7.08. The lowest BCUT2D eigenvalue weighted by atomic mass is 9.72. The molecule has 7 heteroatoms. The van der Waals surface area contributed by atoms with E-state index in [-0.39, 0.29) is 24.4 Å². The summed E-state index contributed by atoms with van der Waals surface area (Å²) in [5.41, 5.74) is 7.86. The number of nitrogens with zero attached hydrogens (tertiary/aromatic N) is 4. The summed E-state index contributed by atoms with van der Waals surface area (Å²) in [7, 11) is 0. The van der Waals surface area contributed by atoms with Crippen LogP contribution in [0.1, 0.15) is 35.0 Å². The number of aromatic amines is 1. The highest BCUT2D eigenvalue weighted by Crippen LogP contribution is 2.37. The van der Waals surface area contributed by atoms with Crippen LogP contribution in [0.5, 0.6) is 0 Å². The minimum atomic E-state index is -0.378. The molecule has 0 aromatic carbocycles. The van der Waals surface area contributed by atoms with Crippen molar-refractivity contribution in [3.05, 3.63) is 36.3 Å². The van der Waals surface area contributed by atoms with Crippen LogP contribution in [0.2, 0.25) is 0 Å². The zero-order valence-corrected chi connectivity index (χ0v) is 16.6. The molecule has 0 spiro atoms. The molecule has 2 unspecified atom stereocenters. The lowest BCUT2D eigenvalue weighted by Gasteiger charge is -2.46. The van der Waals surface area contributed by atoms with Crippen LogP contribution in [-0.4, -0.2) is 39.3 Å². The SMILES string of the molecule is CC(C)CC1(C)CN(c2ccc(F)c(-c3[nH]nc4ncccc34)n2)CCC1N.[HH]. The summed E-state index contributed by atoms with van der Waals surface area (Å²) in [6.45, 7) is 8.33. The van der Waals surface area contributed by atoms with Gasteiger partial charge in [-0.25, -0.2) is 14.4 Å². The van der Waals surface area contributed by atoms with Gasteiger partial charge in [0.2, 0.25) is 0 Å². The Morgan fingerprint density at radius 1 is 1.39 bits per heavy atom. The second-order valence-electron chi connectivity index (χ2n) is 8.54. The van der Waals surface area contributed by atoms with E-state index in [0.29, 0.717) is 17.3 Å². The molecule has 0 radical (unpaired) electrons. The highest BCUT2D eigenvalue weighted by Gasteiger charge is 2.38. The molecule has 1 aliphatic rings. The second kappa shape index (κ2) is 7.13. The van der Waals surface area contributed by atoms with Crippen molar-refractivity contribution in [2.75, 3.05) is 18.0 Å². The van der Waals surface area contributed by atoms with Crippen LogP contribution in [0.15, 0.2) is 30.5 Å². The van der Waals surface area contributed by atoms with Gasteiger partial charge in [-0.05, 0) is 43.0 Å². The van der Waals surface area contributed by atoms with Crippen molar-refractivity contribution < 1.29 is 5.82 Å². The molecular weight excluding hydrogens is 355 g/mol. The molecule has 2 atom stereocenters. The molecule has 28 heavy (non-hydrogen) atoms. The summed E-state index contributed by atoms with van der Waals surface area (Å²) in [5.74, 6) is 0.957. The van der Waals surface area contributed by atoms with E-state index in [4.69, 9.17) is 5.73 Å². The predicted octanol–water partition coefficient (Wildman–Crippen LogP) is 3.99. The zero-order valence-electron chi connectivity index (χ0n) is 16.6. The summed E-state index contributed by atoms with van der Waals surface area (Å²) >= 11 is 0. The Hall–Kier alpha value is -2.54. The minimum Gasteiger partial charge on any atom is -0.356 e. The maximum Gasteiger partial charge on any atom is 0.181 e. The summed E-state index contributed by atoms with van der Waals surface area (Å²) in [5, 5.41) is 7.83. The molecule has 4 heterocycles. The van der Waals surface area contributed by atoms with Gasteiger partial charge in [-0.1, -0.05) is 20.8 Å². The number of rotatable bonds is 4. The Kier molecular flexibility index (Phi) is 4.79. The molecule has 1 aliphatic heterocycles. The molecule has 0 amide bonds. The molecule has 0 aliphatic carbocycles. The lowest BCUT2D eigenvalue weighted by Crippen LogP contribution is -2.54. The monoisotopic (exact) mass is 384 g/mol. The third-order valence-corrected chi connectivity index (χ3v) is 5.75. The van der Waals surface area contributed by atoms with E-state index in [1.807, 2.05) is 12.1 Å². The van der Waals surface area contributed by atoms with E-state index in [2.05, 4.69) is 45.8 Å². The van der Waals surface area contributed by atoms with Crippen molar-refractivity contribution in [1.29, 1.82) is 0 Å². The Morgan fingerprint density at radius 3 is 3.00 bits per heavy atom. The van der Waals surface area contributed by atoms with Gasteiger partial charge >= 0.3 is 0 Å². The van der Waals surface area contributed by atoms with Gasteiger partial charge in [0, 0.05) is 37.6 Å². The number of H-pyrrole nitrogens is 1. The maximum absolute atomic E-state index is 14.6. The number of halogens is 1. The van der Waals surface area contributed by atoms with Crippen LogP contribution < -0.4 is 10.6 Å². The molecule has 3 N–H and O–H groups in total. The van der Waals surface area contributed by atoms with Crippen LogP contribution in [0.3, 0.4) is 0 Å². The van der Waals surface area contributed by atoms with Gasteiger partial charge in [-0.3, -0.25) is 5.10 Å². The molecule has 0 saturated carbocycles. The third kappa shape index (κ3) is 3.35. The Balaban J connectivity index is 0.00000240. The van der Waals surface area contributed by atoms with E-state index in [9.17, 15) is 4.39 Å². The van der Waals surface area contributed by atoms with E-state index in [1.165, 1.54) is 6.07 Å². The van der Waals surface area contributed by atoms with Crippen molar-refractivity contribution >= 4 is 16.9 Å². The van der Waals surface area contributed by atoms with Crippen LogP contribution in [0.4, 0.5) is 10.2 Å². The first-order chi connectivity index (χ1) is 13.4. The fourth-order valence-electron chi connectivity index (χ4n) is 4.43. The molecular formula is C21H29FN6. The number of nitrogens with one attached hydrogen (secondary N) is 1. The number of pyridine rings is 2. The van der Waals surface area contributed by atoms with E-state index in [1.54, 1.807) is 12.3 Å². The molecule has 6 nitrogen and oxygen atoms in total. The van der Waals surface area contributed by atoms with Crippen LogP contribution in [0, 0.1) is 17.2 Å². The van der Waals surface area contributed by atoms with E-state index >= 15 is 0 Å². The number of hydrogen-bond acceptors (Lipinski definition) is 5. The molecule has 4 rings (SSSR count). The normalized spacial score (nSPS) is 22.9. The zero-order chi connectivity index (χ0) is 19.9. The third-order valence-electron chi connectivity index (χ3n) is 5.75. The number of fused-ring (bicyclic) bond motifs is 1. The van der Waals surface area contributed by atoms with E-state index in [0.717, 1.165) is 37.1 Å². The van der Waals surface area contributed by atoms with Crippen molar-refractivity contribution in [2.24, 2.45) is 17.1 Å². The Morgan fingerprint density at radius 2 is 2.21 bits per heavy atom. The van der Waals surface area contributed by atoms with Crippen LogP contribution >= 0.6 is 0 Å². The summed E-state index contributed by atoms with van der Waals surface area (Å²) in [6.07, 6.45) is 3.61. The second-order valence-corrected chi connectivity index (χ2v) is 8.54. The standard InChI is InChI=1S/C21H27FN6.H2/c1-13(2)11-21(3)12-28(10-8-16(21)23)17-7-6-15(22)19(25-17)18-14-5-4-9-24-20(14)27-26-18;/h4-7,9,13,16H,8,10-12,23H2,1-3H3,(H,24,26,27);1H. The first kappa shape index (κ1) is 18.8. The largest absolute Gasteiger partial charge is 0.356 e. The number of aromatic nitrogens is 4. The van der Waals surface area contributed by atoms with Gasteiger partial charge in [-0.15, -0.1) is 0 Å². The van der Waals surface area contributed by atoms with Crippen molar-refractivity contribution in [1.82, 2.24) is 20.2 Å². The van der Waals surface area contributed by atoms with Crippen LogP contribution in [-0.2, 0) is 0 Å². The van der Waals surface area contributed by atoms with Crippen molar-refractivity contribution in [3.63, 3.8) is 0 Å². The maximum atomic E-state index is 14.6. The van der Waals surface area contributed by atoms with Gasteiger partial charge in [0.05, 0.1) is 5.69 Å². The predicted molar refractivity (Wildman–Crippen MR) is 112 cm³/mol. The van der Waals surface area contributed by atoms with Gasteiger partial charge in [0.1, 0.15) is 11.5 Å². The van der Waals surface area contributed by atoms with Gasteiger partial charge in [0.25, 0.3) is 0 Å². The molecule has 3 aromatic heterocycles. The topological polar surface area (TPSA) is 83.7 Å². The quantitative estimate of drug-likeness (QED) is 0.710. The molecule has 0 bridgehead atoms.